The van der Waals surface area contributed by atoms with Crippen LogP contribution in [0.4, 0.5) is 0 Å². The summed E-state index contributed by atoms with van der Waals surface area (Å²) in [6, 6.07) is 2.21. The fourth-order valence-corrected chi connectivity index (χ4v) is 2.39. The first kappa shape index (κ1) is 11.7. The van der Waals surface area contributed by atoms with Gasteiger partial charge in [-0.25, -0.2) is 0 Å². The number of rotatable bonds is 6. The van der Waals surface area contributed by atoms with Gasteiger partial charge < -0.3 is 10.6 Å². The van der Waals surface area contributed by atoms with Crippen LogP contribution in [-0.2, 0) is 0 Å². The predicted octanol–water partition coefficient (Wildman–Crippen LogP) is 2.13. The van der Waals surface area contributed by atoms with E-state index in [1.165, 1.54) is 5.56 Å². The predicted molar refractivity (Wildman–Crippen MR) is 63.9 cm³/mol. The molecule has 0 aliphatic carbocycles. The number of hydrogen-bond donors (Lipinski definition) is 1. The second-order valence-corrected chi connectivity index (χ2v) is 4.42. The zero-order valence-electron chi connectivity index (χ0n) is 9.07. The topological polar surface area (TPSA) is 29.3 Å². The van der Waals surface area contributed by atoms with Crippen LogP contribution in [-0.4, -0.2) is 31.1 Å². The van der Waals surface area contributed by atoms with Gasteiger partial charge in [0.05, 0.1) is 0 Å². The molecule has 0 aromatic carbocycles. The Kier molecular flexibility index (Phi) is 5.15. The molecule has 1 rings (SSSR count). The van der Waals surface area contributed by atoms with Crippen molar-refractivity contribution in [2.24, 2.45) is 5.73 Å². The van der Waals surface area contributed by atoms with Gasteiger partial charge in [-0.1, -0.05) is 13.8 Å². The van der Waals surface area contributed by atoms with Crippen LogP contribution in [0.15, 0.2) is 16.8 Å². The van der Waals surface area contributed by atoms with Crippen molar-refractivity contribution >= 4 is 11.3 Å². The highest BCUT2D eigenvalue weighted by atomic mass is 32.1. The summed E-state index contributed by atoms with van der Waals surface area (Å²) >= 11 is 1.77. The van der Waals surface area contributed by atoms with Crippen molar-refractivity contribution in [3.63, 3.8) is 0 Å². The van der Waals surface area contributed by atoms with E-state index in [-0.39, 0.29) is 0 Å². The fraction of sp³-hybridized carbons (Fsp3) is 0.636. The minimum atomic E-state index is 0.618. The molecule has 0 amide bonds. The average Bonchev–Trinajstić information content (AvgIpc) is 2.69. The molecule has 0 aliphatic rings. The molecule has 1 heterocycles. The van der Waals surface area contributed by atoms with E-state index in [1.807, 2.05) is 0 Å². The highest BCUT2D eigenvalue weighted by Crippen LogP contribution is 2.18. The van der Waals surface area contributed by atoms with Crippen molar-refractivity contribution in [1.82, 2.24) is 4.90 Å². The Labute approximate surface area is 90.7 Å². The summed E-state index contributed by atoms with van der Waals surface area (Å²) < 4.78 is 0. The molecule has 1 aromatic heterocycles. The van der Waals surface area contributed by atoms with Crippen molar-refractivity contribution in [2.75, 3.05) is 26.2 Å². The summed E-state index contributed by atoms with van der Waals surface area (Å²) in [6.07, 6.45) is 0. The van der Waals surface area contributed by atoms with Gasteiger partial charge in [0.2, 0.25) is 0 Å². The van der Waals surface area contributed by atoms with E-state index < -0.39 is 0 Å². The molecule has 0 fully saturated rings. The summed E-state index contributed by atoms with van der Waals surface area (Å²) in [6.45, 7) is 8.43. The van der Waals surface area contributed by atoms with Crippen LogP contribution in [0.25, 0.3) is 0 Å². The lowest BCUT2D eigenvalue weighted by atomic mass is 10.0. The zero-order chi connectivity index (χ0) is 10.4. The Morgan fingerprint density at radius 3 is 2.86 bits per heavy atom. The Bertz CT molecular complexity index is 233. The van der Waals surface area contributed by atoms with Crippen LogP contribution in [0, 0.1) is 0 Å². The lowest BCUT2D eigenvalue weighted by Crippen LogP contribution is -2.32. The normalized spacial score (nSPS) is 13.4. The van der Waals surface area contributed by atoms with Crippen molar-refractivity contribution < 1.29 is 0 Å². The second kappa shape index (κ2) is 6.17. The number of hydrogen-bond acceptors (Lipinski definition) is 3. The molecule has 1 aromatic rings. The number of thiophene rings is 1. The molecule has 3 heteroatoms. The standard InChI is InChI=1S/C11H20N2S/c1-3-13(6-5-12)8-10(2)11-4-7-14-9-11/h4,7,9-10H,3,5-6,8,12H2,1-2H3. The zero-order valence-corrected chi connectivity index (χ0v) is 9.89. The van der Waals surface area contributed by atoms with Crippen LogP contribution >= 0.6 is 11.3 Å². The quantitative estimate of drug-likeness (QED) is 0.783. The molecule has 0 radical (unpaired) electrons. The van der Waals surface area contributed by atoms with E-state index in [9.17, 15) is 0 Å². The summed E-state index contributed by atoms with van der Waals surface area (Å²) in [7, 11) is 0. The maximum Gasteiger partial charge on any atom is 0.0105 e. The highest BCUT2D eigenvalue weighted by Gasteiger charge is 2.09. The molecule has 14 heavy (non-hydrogen) atoms. The minimum Gasteiger partial charge on any atom is -0.329 e. The third-order valence-corrected chi connectivity index (χ3v) is 3.24. The lowest BCUT2D eigenvalue weighted by molar-refractivity contribution is 0.282. The first-order valence-electron chi connectivity index (χ1n) is 5.22. The summed E-state index contributed by atoms with van der Waals surface area (Å²) in [5.41, 5.74) is 7.01. The molecule has 1 atom stereocenters. The summed E-state index contributed by atoms with van der Waals surface area (Å²) in [5, 5.41) is 4.38. The molecule has 0 saturated carbocycles. The second-order valence-electron chi connectivity index (χ2n) is 3.64. The number of likely N-dealkylation sites (N-methyl/N-ethyl adjacent to an activating group) is 1. The van der Waals surface area contributed by atoms with E-state index in [1.54, 1.807) is 11.3 Å². The van der Waals surface area contributed by atoms with Crippen LogP contribution in [0.5, 0.6) is 0 Å². The van der Waals surface area contributed by atoms with Crippen LogP contribution < -0.4 is 5.73 Å². The van der Waals surface area contributed by atoms with E-state index in [2.05, 4.69) is 35.6 Å². The monoisotopic (exact) mass is 212 g/mol. The van der Waals surface area contributed by atoms with Crippen LogP contribution in [0.1, 0.15) is 25.3 Å². The highest BCUT2D eigenvalue weighted by molar-refractivity contribution is 7.07. The van der Waals surface area contributed by atoms with Gasteiger partial charge in [-0.15, -0.1) is 0 Å². The molecule has 2 nitrogen and oxygen atoms in total. The van der Waals surface area contributed by atoms with Crippen molar-refractivity contribution in [3.8, 4) is 0 Å². The van der Waals surface area contributed by atoms with Gasteiger partial charge in [-0.05, 0) is 34.9 Å². The smallest absolute Gasteiger partial charge is 0.0105 e. The third-order valence-electron chi connectivity index (χ3n) is 2.54. The average molecular weight is 212 g/mol. The molecule has 0 spiro atoms. The van der Waals surface area contributed by atoms with E-state index in [0.717, 1.165) is 26.2 Å². The Hall–Kier alpha value is -0.380. The lowest BCUT2D eigenvalue weighted by Gasteiger charge is -2.23. The SMILES string of the molecule is CCN(CCN)CC(C)c1ccsc1. The van der Waals surface area contributed by atoms with Gasteiger partial charge in [0.15, 0.2) is 0 Å². The van der Waals surface area contributed by atoms with Gasteiger partial charge in [0.25, 0.3) is 0 Å². The maximum atomic E-state index is 5.56. The van der Waals surface area contributed by atoms with Gasteiger partial charge in [-0.3, -0.25) is 0 Å². The molecule has 0 bridgehead atoms. The molecule has 80 valence electrons. The molecule has 0 aliphatic heterocycles. The molecule has 2 N–H and O–H groups in total. The Balaban J connectivity index is 2.42. The largest absolute Gasteiger partial charge is 0.329 e. The maximum absolute atomic E-state index is 5.56. The van der Waals surface area contributed by atoms with Gasteiger partial charge in [0, 0.05) is 19.6 Å². The summed E-state index contributed by atoms with van der Waals surface area (Å²) in [5.74, 6) is 0.618. The minimum absolute atomic E-state index is 0.618. The van der Waals surface area contributed by atoms with E-state index in [4.69, 9.17) is 5.73 Å². The van der Waals surface area contributed by atoms with Gasteiger partial charge >= 0.3 is 0 Å². The Morgan fingerprint density at radius 2 is 2.36 bits per heavy atom. The van der Waals surface area contributed by atoms with Crippen molar-refractivity contribution in [2.45, 2.75) is 19.8 Å². The van der Waals surface area contributed by atoms with E-state index in [0.29, 0.717) is 5.92 Å². The molecule has 0 saturated heterocycles. The van der Waals surface area contributed by atoms with Crippen molar-refractivity contribution in [3.05, 3.63) is 22.4 Å². The van der Waals surface area contributed by atoms with Crippen LogP contribution in [0.2, 0.25) is 0 Å². The molecule has 1 unspecified atom stereocenters. The molecular weight excluding hydrogens is 192 g/mol. The van der Waals surface area contributed by atoms with Gasteiger partial charge in [-0.2, -0.15) is 11.3 Å². The number of nitrogens with two attached hydrogens (primary N) is 1. The van der Waals surface area contributed by atoms with Crippen LogP contribution in [0.3, 0.4) is 0 Å². The van der Waals surface area contributed by atoms with Gasteiger partial charge in [0.1, 0.15) is 0 Å². The third kappa shape index (κ3) is 3.40. The summed E-state index contributed by atoms with van der Waals surface area (Å²) in [4.78, 5) is 2.41. The van der Waals surface area contributed by atoms with Crippen molar-refractivity contribution in [1.29, 1.82) is 0 Å². The first-order valence-corrected chi connectivity index (χ1v) is 6.16. The fourth-order valence-electron chi connectivity index (χ4n) is 1.61. The first-order chi connectivity index (χ1) is 6.77. The Morgan fingerprint density at radius 1 is 1.57 bits per heavy atom. The molecular formula is C11H20N2S. The van der Waals surface area contributed by atoms with E-state index >= 15 is 0 Å². The number of nitrogens with zero attached hydrogens (tertiary/aromatic N) is 1.